The highest BCUT2D eigenvalue weighted by Gasteiger charge is 2.64. The van der Waals surface area contributed by atoms with Gasteiger partial charge in [0.25, 0.3) is 5.91 Å². The fraction of sp³-hybridized carbons (Fsp3) is 0.581. The van der Waals surface area contributed by atoms with Gasteiger partial charge in [0.1, 0.15) is 22.8 Å². The summed E-state index contributed by atoms with van der Waals surface area (Å²) in [6, 6.07) is 1.23. The standard InChI is InChI=1S/C31H40N4O7/c1-13-30(2)10-16(30)12-35(13)11-15-9-19(33(3)4)17-7-14-8-18-23(34(5)6)26(38)22(29(32)41)28(40)31(18,42)27(39)20(14)25(37)21(17)24(15)36/h9,13-14,16,18,23,36,38-39,42H,7-8,10-12H2,1-6H3,(H2,32,41)/t13?,14-,16?,18-,23-,30?,31-/m0/s1. The smallest absolute Gasteiger partial charge is 0.255 e. The number of ketones is 2. The van der Waals surface area contributed by atoms with Gasteiger partial charge in [-0.1, -0.05) is 6.92 Å². The van der Waals surface area contributed by atoms with Gasteiger partial charge in [0, 0.05) is 56.0 Å². The van der Waals surface area contributed by atoms with E-state index in [0.717, 1.165) is 12.2 Å². The van der Waals surface area contributed by atoms with Crippen molar-refractivity contribution in [2.45, 2.75) is 57.3 Å². The summed E-state index contributed by atoms with van der Waals surface area (Å²) in [6.07, 6.45) is 1.52. The molecule has 42 heavy (non-hydrogen) atoms. The van der Waals surface area contributed by atoms with Gasteiger partial charge in [0.05, 0.1) is 11.6 Å². The van der Waals surface area contributed by atoms with Crippen LogP contribution in [0.3, 0.4) is 0 Å². The van der Waals surface area contributed by atoms with E-state index in [1.165, 1.54) is 6.42 Å². The van der Waals surface area contributed by atoms with Crippen LogP contribution in [0, 0.1) is 23.2 Å². The number of carbonyl (C=O) groups excluding carboxylic acids is 3. The molecule has 5 aliphatic rings. The number of aromatic hydroxyl groups is 1. The van der Waals surface area contributed by atoms with E-state index in [0.29, 0.717) is 29.6 Å². The molecule has 2 fully saturated rings. The molecule has 1 saturated carbocycles. The third kappa shape index (κ3) is 3.59. The number of hydrogen-bond donors (Lipinski definition) is 5. The third-order valence-corrected chi connectivity index (χ3v) is 11.0. The van der Waals surface area contributed by atoms with Crippen LogP contribution in [-0.4, -0.2) is 100 Å². The number of phenolic OH excluding ortho intramolecular Hbond substituents is 1. The second-order valence-electron chi connectivity index (χ2n) is 13.6. The number of hydrogen-bond acceptors (Lipinski definition) is 10. The molecule has 1 aliphatic heterocycles. The highest BCUT2D eigenvalue weighted by atomic mass is 16.3. The largest absolute Gasteiger partial charge is 0.510 e. The lowest BCUT2D eigenvalue weighted by atomic mass is 9.58. The van der Waals surface area contributed by atoms with Gasteiger partial charge in [-0.2, -0.15) is 0 Å². The van der Waals surface area contributed by atoms with Crippen molar-refractivity contribution in [3.8, 4) is 5.75 Å². The summed E-state index contributed by atoms with van der Waals surface area (Å²) in [5, 5.41) is 46.0. The zero-order valence-corrected chi connectivity index (χ0v) is 24.9. The first-order valence-corrected chi connectivity index (χ1v) is 14.5. The first kappa shape index (κ1) is 28.7. The van der Waals surface area contributed by atoms with Crippen molar-refractivity contribution >= 4 is 23.2 Å². The van der Waals surface area contributed by atoms with E-state index >= 15 is 0 Å². The summed E-state index contributed by atoms with van der Waals surface area (Å²) in [5.74, 6) is -5.76. The maximum Gasteiger partial charge on any atom is 0.255 e. The minimum Gasteiger partial charge on any atom is -0.510 e. The Morgan fingerprint density at radius 3 is 2.38 bits per heavy atom. The molecule has 3 unspecified atom stereocenters. The van der Waals surface area contributed by atoms with Gasteiger partial charge >= 0.3 is 0 Å². The molecule has 6 N–H and O–H groups in total. The topological polar surface area (TPSA) is 168 Å². The Kier molecular flexibility index (Phi) is 6.18. The molecular formula is C31H40N4O7. The Labute approximate surface area is 244 Å². The molecule has 0 spiro atoms. The predicted octanol–water partition coefficient (Wildman–Crippen LogP) is 1.42. The number of allylic oxidation sites excluding steroid dienone is 1. The zero-order valence-electron chi connectivity index (χ0n) is 24.9. The summed E-state index contributed by atoms with van der Waals surface area (Å²) in [4.78, 5) is 45.8. The van der Waals surface area contributed by atoms with Crippen LogP contribution in [0.2, 0.25) is 0 Å². The number of anilines is 1. The maximum absolute atomic E-state index is 14.2. The van der Waals surface area contributed by atoms with Crippen molar-refractivity contribution in [1.82, 2.24) is 9.80 Å². The fourth-order valence-electron chi connectivity index (χ4n) is 8.41. The Balaban J connectivity index is 1.48. The number of likely N-dealkylation sites (N-methyl/N-ethyl adjacent to an activating group) is 1. The number of primary amides is 1. The van der Waals surface area contributed by atoms with Crippen LogP contribution in [0.4, 0.5) is 5.69 Å². The first-order valence-electron chi connectivity index (χ1n) is 14.5. The third-order valence-electron chi connectivity index (χ3n) is 11.0. The molecular weight excluding hydrogens is 540 g/mol. The summed E-state index contributed by atoms with van der Waals surface area (Å²) in [7, 11) is 6.96. The number of likely N-dealkylation sites (tertiary alicyclic amines) is 1. The maximum atomic E-state index is 14.2. The number of aliphatic hydroxyl groups is 3. The van der Waals surface area contributed by atoms with Crippen molar-refractivity contribution < 1.29 is 34.8 Å². The van der Waals surface area contributed by atoms with Crippen LogP contribution in [0.25, 0.3) is 0 Å². The van der Waals surface area contributed by atoms with Gasteiger partial charge in [0.15, 0.2) is 11.4 Å². The Hall–Kier alpha value is -3.41. The lowest BCUT2D eigenvalue weighted by Gasteiger charge is -2.50. The number of Topliss-reactive ketones (excluding diaryl/α,β-unsaturated/α-hetero) is 2. The van der Waals surface area contributed by atoms with Gasteiger partial charge in [0.2, 0.25) is 5.78 Å². The number of aliphatic hydroxyl groups excluding tert-OH is 2. The second kappa shape index (κ2) is 9.05. The van der Waals surface area contributed by atoms with Crippen molar-refractivity contribution in [3.63, 3.8) is 0 Å². The fourth-order valence-corrected chi connectivity index (χ4v) is 8.41. The van der Waals surface area contributed by atoms with Crippen LogP contribution in [0.1, 0.15) is 48.2 Å². The predicted molar refractivity (Wildman–Crippen MR) is 154 cm³/mol. The lowest BCUT2D eigenvalue weighted by Crippen LogP contribution is -2.63. The number of piperidine rings is 1. The van der Waals surface area contributed by atoms with Crippen molar-refractivity contribution in [2.75, 3.05) is 39.6 Å². The molecule has 1 saturated heterocycles. The molecule has 11 heteroatoms. The molecule has 7 atom stereocenters. The summed E-state index contributed by atoms with van der Waals surface area (Å²) in [5.41, 5.74) is 4.14. The van der Waals surface area contributed by atoms with Crippen LogP contribution in [0.15, 0.2) is 28.7 Å². The Morgan fingerprint density at radius 2 is 1.83 bits per heavy atom. The van der Waals surface area contributed by atoms with Crippen molar-refractivity contribution in [1.29, 1.82) is 0 Å². The molecule has 226 valence electrons. The number of nitrogens with two attached hydrogens (primary N) is 1. The first-order chi connectivity index (χ1) is 19.5. The molecule has 11 nitrogen and oxygen atoms in total. The van der Waals surface area contributed by atoms with Gasteiger partial charge in [-0.05, 0) is 69.2 Å². The highest BCUT2D eigenvalue weighted by molar-refractivity contribution is 6.25. The number of phenols is 1. The summed E-state index contributed by atoms with van der Waals surface area (Å²) < 4.78 is 0. The van der Waals surface area contributed by atoms with Gasteiger partial charge in [-0.15, -0.1) is 0 Å². The molecule has 0 bridgehead atoms. The van der Waals surface area contributed by atoms with E-state index in [1.807, 2.05) is 25.1 Å². The number of nitrogens with zero attached hydrogens (tertiary/aromatic N) is 3. The molecule has 0 radical (unpaired) electrons. The van der Waals surface area contributed by atoms with E-state index in [9.17, 15) is 34.8 Å². The van der Waals surface area contributed by atoms with Gasteiger partial charge in [-0.25, -0.2) is 0 Å². The number of fused-ring (bicyclic) bond motifs is 4. The molecule has 1 heterocycles. The van der Waals surface area contributed by atoms with Crippen LogP contribution in [-0.2, 0) is 22.6 Å². The monoisotopic (exact) mass is 580 g/mol. The number of benzene rings is 1. The van der Waals surface area contributed by atoms with Crippen LogP contribution in [0.5, 0.6) is 5.75 Å². The van der Waals surface area contributed by atoms with E-state index in [4.69, 9.17) is 5.73 Å². The van der Waals surface area contributed by atoms with Crippen molar-refractivity contribution in [3.05, 3.63) is 45.4 Å². The second-order valence-corrected chi connectivity index (χ2v) is 13.6. The lowest BCUT2D eigenvalue weighted by molar-refractivity contribution is -0.148. The SMILES string of the molecule is CC1N(Cc2cc(N(C)C)c3c(c2O)C(=O)C2=C(O)[C@]4(O)C(=O)C(C(N)=O)=C(O)[C@@H](N(C)C)[C@@H]4C[C@@H]2C3)CC2CC21C. The molecule has 6 rings (SSSR count). The molecule has 1 amide bonds. The van der Waals surface area contributed by atoms with E-state index in [1.54, 1.807) is 19.0 Å². The average molecular weight is 581 g/mol. The molecule has 0 aromatic heterocycles. The Morgan fingerprint density at radius 1 is 1.17 bits per heavy atom. The molecule has 1 aromatic carbocycles. The average Bonchev–Trinajstić information content (AvgIpc) is 3.49. The van der Waals surface area contributed by atoms with E-state index < -0.39 is 58.0 Å². The van der Waals surface area contributed by atoms with Crippen LogP contribution >= 0.6 is 0 Å². The van der Waals surface area contributed by atoms with Gasteiger partial charge in [-0.3, -0.25) is 24.2 Å². The zero-order chi connectivity index (χ0) is 30.8. The number of rotatable bonds is 5. The quantitative estimate of drug-likeness (QED) is 0.321. The summed E-state index contributed by atoms with van der Waals surface area (Å²) >= 11 is 0. The Bertz CT molecular complexity index is 1510. The van der Waals surface area contributed by atoms with Crippen molar-refractivity contribution in [2.24, 2.45) is 28.9 Å². The summed E-state index contributed by atoms with van der Waals surface area (Å²) in [6.45, 7) is 5.85. The molecule has 1 aromatic rings. The van der Waals surface area contributed by atoms with E-state index in [2.05, 4.69) is 18.7 Å². The molecule has 4 aliphatic carbocycles. The normalized spacial score (nSPS) is 35.7. The number of amides is 1. The van der Waals surface area contributed by atoms with Crippen LogP contribution < -0.4 is 10.6 Å². The number of carbonyl (C=O) groups is 3. The minimum atomic E-state index is -2.65. The minimum absolute atomic E-state index is 0.0557. The highest BCUT2D eigenvalue weighted by Crippen LogP contribution is 2.61. The van der Waals surface area contributed by atoms with Gasteiger partial charge < -0.3 is 31.1 Å². The van der Waals surface area contributed by atoms with E-state index in [-0.39, 0.29) is 35.1 Å².